The zero-order valence-corrected chi connectivity index (χ0v) is 14.5. The van der Waals surface area contributed by atoms with E-state index in [0.29, 0.717) is 13.0 Å². The van der Waals surface area contributed by atoms with Crippen molar-refractivity contribution >= 4 is 17.2 Å². The van der Waals surface area contributed by atoms with E-state index in [1.165, 1.54) is 5.56 Å². The van der Waals surface area contributed by atoms with Crippen LogP contribution in [0, 0.1) is 13.8 Å². The van der Waals surface area contributed by atoms with E-state index >= 15 is 0 Å². The van der Waals surface area contributed by atoms with Gasteiger partial charge in [0.25, 0.3) is 0 Å². The number of amides is 1. The first kappa shape index (κ1) is 16.6. The van der Waals surface area contributed by atoms with Crippen molar-refractivity contribution in [3.8, 4) is 10.6 Å². The van der Waals surface area contributed by atoms with Gasteiger partial charge in [0.1, 0.15) is 5.01 Å². The summed E-state index contributed by atoms with van der Waals surface area (Å²) in [6.45, 7) is 5.57. The molecule has 5 heteroatoms. The van der Waals surface area contributed by atoms with Crippen molar-refractivity contribution in [2.75, 3.05) is 27.2 Å². The van der Waals surface area contributed by atoms with E-state index in [4.69, 9.17) is 0 Å². The molecule has 0 aliphatic heterocycles. The van der Waals surface area contributed by atoms with Crippen molar-refractivity contribution in [3.05, 3.63) is 40.4 Å². The van der Waals surface area contributed by atoms with E-state index < -0.39 is 0 Å². The topological polar surface area (TPSA) is 45.2 Å². The standard InChI is InChI=1S/C17H23N3OS/c1-12-6-5-7-14(10-12)17-19-13(2)15(22-17)11-16(21)18-8-9-20(3)4/h5-7,10H,8-9,11H2,1-4H3,(H,18,21). The second-order valence-corrected chi connectivity index (χ2v) is 6.81. The third-order valence-electron chi connectivity index (χ3n) is 3.36. The average molecular weight is 317 g/mol. The molecular formula is C17H23N3OS. The van der Waals surface area contributed by atoms with E-state index in [0.717, 1.165) is 27.7 Å². The highest BCUT2D eigenvalue weighted by atomic mass is 32.1. The Labute approximate surface area is 136 Å². The lowest BCUT2D eigenvalue weighted by molar-refractivity contribution is -0.120. The second kappa shape index (κ2) is 7.51. The number of hydrogen-bond acceptors (Lipinski definition) is 4. The lowest BCUT2D eigenvalue weighted by Crippen LogP contribution is -2.32. The Balaban J connectivity index is 2.02. The van der Waals surface area contributed by atoms with Crippen LogP contribution in [-0.2, 0) is 11.2 Å². The Morgan fingerprint density at radius 2 is 2.09 bits per heavy atom. The van der Waals surface area contributed by atoms with Crippen LogP contribution in [0.25, 0.3) is 10.6 Å². The van der Waals surface area contributed by atoms with Crippen molar-refractivity contribution in [3.63, 3.8) is 0 Å². The normalized spacial score (nSPS) is 11.0. The minimum Gasteiger partial charge on any atom is -0.355 e. The highest BCUT2D eigenvalue weighted by Gasteiger charge is 2.13. The Morgan fingerprint density at radius 3 is 2.77 bits per heavy atom. The van der Waals surface area contributed by atoms with Gasteiger partial charge in [-0.2, -0.15) is 0 Å². The van der Waals surface area contributed by atoms with E-state index in [1.54, 1.807) is 11.3 Å². The molecule has 1 amide bonds. The van der Waals surface area contributed by atoms with Gasteiger partial charge in [0.05, 0.1) is 12.1 Å². The second-order valence-electron chi connectivity index (χ2n) is 5.73. The quantitative estimate of drug-likeness (QED) is 0.891. The maximum absolute atomic E-state index is 12.0. The molecule has 0 unspecified atom stereocenters. The molecule has 4 nitrogen and oxygen atoms in total. The van der Waals surface area contributed by atoms with Gasteiger partial charge in [-0.15, -0.1) is 11.3 Å². The smallest absolute Gasteiger partial charge is 0.225 e. The van der Waals surface area contributed by atoms with Crippen LogP contribution >= 0.6 is 11.3 Å². The minimum atomic E-state index is 0.0596. The molecule has 0 bridgehead atoms. The Morgan fingerprint density at radius 1 is 1.32 bits per heavy atom. The van der Waals surface area contributed by atoms with Crippen molar-refractivity contribution in [1.29, 1.82) is 0 Å². The van der Waals surface area contributed by atoms with E-state index in [1.807, 2.05) is 32.0 Å². The molecule has 0 saturated heterocycles. The fraction of sp³-hybridized carbons (Fsp3) is 0.412. The van der Waals surface area contributed by atoms with Crippen molar-refractivity contribution in [1.82, 2.24) is 15.2 Å². The summed E-state index contributed by atoms with van der Waals surface area (Å²) in [5, 5.41) is 3.93. The van der Waals surface area contributed by atoms with Gasteiger partial charge in [-0.1, -0.05) is 23.8 Å². The number of benzene rings is 1. The number of hydrogen-bond donors (Lipinski definition) is 1. The minimum absolute atomic E-state index is 0.0596. The molecule has 0 spiro atoms. The highest BCUT2D eigenvalue weighted by Crippen LogP contribution is 2.28. The van der Waals surface area contributed by atoms with Crippen LogP contribution in [0.3, 0.4) is 0 Å². The lowest BCUT2D eigenvalue weighted by Gasteiger charge is -2.09. The van der Waals surface area contributed by atoms with Gasteiger partial charge in [-0.05, 0) is 34.0 Å². The van der Waals surface area contributed by atoms with E-state index in [9.17, 15) is 4.79 Å². The Bertz CT molecular complexity index is 649. The number of carbonyl (C=O) groups excluding carboxylic acids is 1. The zero-order valence-electron chi connectivity index (χ0n) is 13.6. The van der Waals surface area contributed by atoms with Crippen LogP contribution in [0.15, 0.2) is 24.3 Å². The summed E-state index contributed by atoms with van der Waals surface area (Å²) in [6.07, 6.45) is 0.406. The summed E-state index contributed by atoms with van der Waals surface area (Å²) in [5.74, 6) is 0.0596. The molecule has 2 rings (SSSR count). The summed E-state index contributed by atoms with van der Waals surface area (Å²) < 4.78 is 0. The summed E-state index contributed by atoms with van der Waals surface area (Å²) in [7, 11) is 3.99. The number of rotatable bonds is 6. The van der Waals surface area contributed by atoms with Crippen LogP contribution in [0.2, 0.25) is 0 Å². The van der Waals surface area contributed by atoms with E-state index in [-0.39, 0.29) is 5.91 Å². The molecular weight excluding hydrogens is 294 g/mol. The molecule has 2 aromatic rings. The van der Waals surface area contributed by atoms with Gasteiger partial charge < -0.3 is 10.2 Å². The van der Waals surface area contributed by atoms with Gasteiger partial charge in [0.15, 0.2) is 0 Å². The number of nitrogens with one attached hydrogen (secondary N) is 1. The number of likely N-dealkylation sites (N-methyl/N-ethyl adjacent to an activating group) is 1. The third kappa shape index (κ3) is 4.64. The van der Waals surface area contributed by atoms with Crippen LogP contribution in [0.5, 0.6) is 0 Å². The van der Waals surface area contributed by atoms with E-state index in [2.05, 4.69) is 35.4 Å². The van der Waals surface area contributed by atoms with Crippen LogP contribution in [0.1, 0.15) is 16.1 Å². The van der Waals surface area contributed by atoms with Gasteiger partial charge in [0, 0.05) is 23.5 Å². The maximum atomic E-state index is 12.0. The summed E-state index contributed by atoms with van der Waals surface area (Å²) >= 11 is 1.61. The molecule has 0 fully saturated rings. The maximum Gasteiger partial charge on any atom is 0.225 e. The van der Waals surface area contributed by atoms with Crippen molar-refractivity contribution in [2.24, 2.45) is 0 Å². The Hall–Kier alpha value is -1.72. The Kier molecular flexibility index (Phi) is 5.69. The van der Waals surface area contributed by atoms with Gasteiger partial charge >= 0.3 is 0 Å². The van der Waals surface area contributed by atoms with Crippen LogP contribution < -0.4 is 5.32 Å². The lowest BCUT2D eigenvalue weighted by atomic mass is 10.1. The van der Waals surface area contributed by atoms with Crippen molar-refractivity contribution < 1.29 is 4.79 Å². The summed E-state index contributed by atoms with van der Waals surface area (Å²) in [4.78, 5) is 19.7. The largest absolute Gasteiger partial charge is 0.355 e. The molecule has 0 atom stereocenters. The molecule has 1 heterocycles. The number of carbonyl (C=O) groups is 1. The molecule has 0 aliphatic carbocycles. The first-order valence-corrected chi connectivity index (χ1v) is 8.22. The third-order valence-corrected chi connectivity index (χ3v) is 4.57. The average Bonchev–Trinajstić information content (AvgIpc) is 2.80. The van der Waals surface area contributed by atoms with Gasteiger partial charge in [-0.3, -0.25) is 4.79 Å². The molecule has 0 aliphatic rings. The zero-order chi connectivity index (χ0) is 16.1. The van der Waals surface area contributed by atoms with Crippen LogP contribution in [0.4, 0.5) is 0 Å². The number of thiazole rings is 1. The highest BCUT2D eigenvalue weighted by molar-refractivity contribution is 7.15. The first-order chi connectivity index (χ1) is 10.5. The predicted molar refractivity (Wildman–Crippen MR) is 92.3 cm³/mol. The molecule has 1 aromatic carbocycles. The first-order valence-electron chi connectivity index (χ1n) is 7.40. The molecule has 1 aromatic heterocycles. The SMILES string of the molecule is Cc1cccc(-c2nc(C)c(CC(=O)NCCN(C)C)s2)c1. The van der Waals surface area contributed by atoms with Gasteiger partial charge in [0.2, 0.25) is 5.91 Å². The summed E-state index contributed by atoms with van der Waals surface area (Å²) in [6, 6.07) is 8.30. The number of nitrogens with zero attached hydrogens (tertiary/aromatic N) is 2. The fourth-order valence-corrected chi connectivity index (χ4v) is 3.18. The molecule has 22 heavy (non-hydrogen) atoms. The number of aromatic nitrogens is 1. The molecule has 0 saturated carbocycles. The molecule has 1 N–H and O–H groups in total. The monoisotopic (exact) mass is 317 g/mol. The predicted octanol–water partition coefficient (Wildman–Crippen LogP) is 2.65. The van der Waals surface area contributed by atoms with Crippen molar-refractivity contribution in [2.45, 2.75) is 20.3 Å². The summed E-state index contributed by atoms with van der Waals surface area (Å²) in [5.41, 5.74) is 3.28. The molecule has 118 valence electrons. The molecule has 0 radical (unpaired) electrons. The van der Waals surface area contributed by atoms with Gasteiger partial charge in [-0.25, -0.2) is 4.98 Å². The fourth-order valence-electron chi connectivity index (χ4n) is 2.12. The van der Waals surface area contributed by atoms with Crippen LogP contribution in [-0.4, -0.2) is 43.0 Å². The number of aryl methyl sites for hydroxylation is 2.